The Bertz CT molecular complexity index is 1460. The summed E-state index contributed by atoms with van der Waals surface area (Å²) in [5, 5.41) is 6.01. The molecule has 3 aromatic carbocycles. The van der Waals surface area contributed by atoms with E-state index in [0.717, 1.165) is 22.3 Å². The van der Waals surface area contributed by atoms with Crippen LogP contribution in [0.25, 0.3) is 11.1 Å². The number of hydrogen-bond acceptors (Lipinski definition) is 7. The van der Waals surface area contributed by atoms with Crippen LogP contribution in [0.4, 0.5) is 5.69 Å². The van der Waals surface area contributed by atoms with Gasteiger partial charge in [-0.15, -0.1) is 0 Å². The van der Waals surface area contributed by atoms with Gasteiger partial charge in [0.25, 0.3) is 0 Å². The van der Waals surface area contributed by atoms with E-state index in [0.29, 0.717) is 42.2 Å². The number of hydrogen-bond donors (Lipinski definition) is 2. The Morgan fingerprint density at radius 3 is 2.35 bits per heavy atom. The molecule has 0 saturated carbocycles. The van der Waals surface area contributed by atoms with Crippen LogP contribution >= 0.6 is 0 Å². The number of anilines is 1. The van der Waals surface area contributed by atoms with Crippen molar-refractivity contribution in [2.24, 2.45) is 0 Å². The molecule has 2 amide bonds. The van der Waals surface area contributed by atoms with Crippen LogP contribution in [-0.4, -0.2) is 51.6 Å². The number of nitrogens with one attached hydrogen (secondary N) is 2. The third-order valence-corrected chi connectivity index (χ3v) is 7.03. The molecule has 0 radical (unpaired) electrons. The highest BCUT2D eigenvalue weighted by molar-refractivity contribution is 5.84. The number of benzene rings is 2. The third-order valence-electron chi connectivity index (χ3n) is 7.03. The van der Waals surface area contributed by atoms with Gasteiger partial charge in [0.15, 0.2) is 11.5 Å². The molecule has 1 aliphatic carbocycles. The molecule has 3 aromatic rings. The number of carbonyl (C=O) groups excluding carboxylic acids is 2. The quantitative estimate of drug-likeness (QED) is 0.420. The largest absolute Gasteiger partial charge is 0.493 e. The standard InChI is InChI=1S/C31H35N3O6/c1-19(35)33-24-13-11-21-15-27(38-3)30(39-4)31(40-5)29(21)22-12-14-25(26(36)16-23(22)24)32-17-28(37)34(2)18-20-9-7-6-8-10-20/h6-10,12,14-16,24H,11,13,17-18H2,1-5H3,(H,32,36)(H,33,35)/t24-/m1/s1. The van der Waals surface area contributed by atoms with Crippen LogP contribution in [0.3, 0.4) is 0 Å². The lowest BCUT2D eigenvalue weighted by Crippen LogP contribution is -2.32. The molecule has 40 heavy (non-hydrogen) atoms. The van der Waals surface area contributed by atoms with E-state index < -0.39 is 6.04 Å². The van der Waals surface area contributed by atoms with E-state index in [1.54, 1.807) is 39.3 Å². The summed E-state index contributed by atoms with van der Waals surface area (Å²) in [6, 6.07) is 16.2. The van der Waals surface area contributed by atoms with Gasteiger partial charge in [-0.3, -0.25) is 14.4 Å². The summed E-state index contributed by atoms with van der Waals surface area (Å²) in [4.78, 5) is 40.0. The van der Waals surface area contributed by atoms with Gasteiger partial charge in [-0.1, -0.05) is 36.4 Å². The van der Waals surface area contributed by atoms with Gasteiger partial charge in [-0.05, 0) is 53.3 Å². The lowest BCUT2D eigenvalue weighted by molar-refractivity contribution is -0.128. The summed E-state index contributed by atoms with van der Waals surface area (Å²) in [5.74, 6) is 1.09. The first-order valence-corrected chi connectivity index (χ1v) is 13.1. The van der Waals surface area contributed by atoms with Crippen molar-refractivity contribution in [1.29, 1.82) is 0 Å². The van der Waals surface area contributed by atoms with Crippen LogP contribution < -0.4 is 30.3 Å². The summed E-state index contributed by atoms with van der Waals surface area (Å²) in [5.41, 5.74) is 4.08. The Balaban J connectivity index is 1.74. The van der Waals surface area contributed by atoms with E-state index in [9.17, 15) is 14.4 Å². The number of aryl methyl sites for hydroxylation is 1. The molecule has 0 unspecified atom stereocenters. The number of rotatable bonds is 9. The number of fused-ring (bicyclic) bond motifs is 3. The SMILES string of the molecule is COc1cc2c(c(OC)c1OC)-c1ccc(NCC(=O)N(C)Cc3ccccc3)c(=O)cc1[C@H](NC(C)=O)CC2. The highest BCUT2D eigenvalue weighted by Gasteiger charge is 2.29. The summed E-state index contributed by atoms with van der Waals surface area (Å²) in [6.45, 7) is 1.87. The summed E-state index contributed by atoms with van der Waals surface area (Å²) < 4.78 is 17.0. The Hall–Kier alpha value is -4.53. The van der Waals surface area contributed by atoms with Crippen LogP contribution in [0.2, 0.25) is 0 Å². The number of ether oxygens (including phenoxy) is 3. The number of methoxy groups -OCH3 is 3. The molecular formula is C31H35N3O6. The molecule has 1 aliphatic rings. The molecule has 1 atom stereocenters. The molecule has 0 fully saturated rings. The zero-order valence-corrected chi connectivity index (χ0v) is 23.5. The summed E-state index contributed by atoms with van der Waals surface area (Å²) >= 11 is 0. The van der Waals surface area contributed by atoms with E-state index in [-0.39, 0.29) is 29.5 Å². The van der Waals surface area contributed by atoms with Crippen molar-refractivity contribution in [2.45, 2.75) is 32.4 Å². The normalized spacial score (nSPS) is 13.7. The first-order chi connectivity index (χ1) is 19.3. The minimum absolute atomic E-state index is 0.0483. The number of nitrogens with zero attached hydrogens (tertiary/aromatic N) is 1. The molecular weight excluding hydrogens is 510 g/mol. The fraction of sp³-hybridized carbons (Fsp3) is 0.323. The third kappa shape index (κ3) is 6.03. The Labute approximate surface area is 234 Å². The topological polar surface area (TPSA) is 106 Å². The van der Waals surface area contributed by atoms with Gasteiger partial charge in [0.05, 0.1) is 39.6 Å². The fourth-order valence-corrected chi connectivity index (χ4v) is 5.10. The van der Waals surface area contributed by atoms with Crippen LogP contribution in [-0.2, 0) is 22.6 Å². The van der Waals surface area contributed by atoms with Crippen LogP contribution in [0.1, 0.15) is 36.1 Å². The van der Waals surface area contributed by atoms with Crippen molar-refractivity contribution < 1.29 is 23.8 Å². The lowest BCUT2D eigenvalue weighted by atomic mass is 9.95. The van der Waals surface area contributed by atoms with Gasteiger partial charge in [-0.2, -0.15) is 0 Å². The Morgan fingerprint density at radius 1 is 0.975 bits per heavy atom. The Morgan fingerprint density at radius 2 is 1.70 bits per heavy atom. The molecule has 4 rings (SSSR count). The molecule has 2 N–H and O–H groups in total. The molecule has 0 bridgehead atoms. The van der Waals surface area contributed by atoms with Crippen molar-refractivity contribution in [1.82, 2.24) is 10.2 Å². The number of amides is 2. The molecule has 0 saturated heterocycles. The van der Waals surface area contributed by atoms with Gasteiger partial charge in [0.2, 0.25) is 23.0 Å². The predicted octanol–water partition coefficient (Wildman–Crippen LogP) is 3.93. The summed E-state index contributed by atoms with van der Waals surface area (Å²) in [6.07, 6.45) is 1.17. The zero-order chi connectivity index (χ0) is 28.8. The zero-order valence-electron chi connectivity index (χ0n) is 23.5. The molecule has 210 valence electrons. The maximum absolute atomic E-state index is 13.4. The van der Waals surface area contributed by atoms with Gasteiger partial charge < -0.3 is 29.7 Å². The van der Waals surface area contributed by atoms with Crippen molar-refractivity contribution >= 4 is 17.5 Å². The number of likely N-dealkylation sites (N-methyl/N-ethyl adjacent to an activating group) is 1. The van der Waals surface area contributed by atoms with E-state index in [2.05, 4.69) is 10.6 Å². The van der Waals surface area contributed by atoms with E-state index >= 15 is 0 Å². The van der Waals surface area contributed by atoms with Crippen LogP contribution in [0.5, 0.6) is 17.2 Å². The number of carbonyl (C=O) groups is 2. The Kier molecular flexibility index (Phi) is 8.93. The lowest BCUT2D eigenvalue weighted by Gasteiger charge is -2.19. The van der Waals surface area contributed by atoms with Gasteiger partial charge >= 0.3 is 0 Å². The molecule has 0 aromatic heterocycles. The highest BCUT2D eigenvalue weighted by atomic mass is 16.5. The summed E-state index contributed by atoms with van der Waals surface area (Å²) in [7, 11) is 6.39. The van der Waals surface area contributed by atoms with Crippen molar-refractivity contribution in [3.05, 3.63) is 81.5 Å². The second-order valence-corrected chi connectivity index (χ2v) is 9.68. The maximum atomic E-state index is 13.4. The highest BCUT2D eigenvalue weighted by Crippen LogP contribution is 2.50. The maximum Gasteiger partial charge on any atom is 0.241 e. The minimum atomic E-state index is -0.409. The minimum Gasteiger partial charge on any atom is -0.493 e. The van der Waals surface area contributed by atoms with E-state index in [4.69, 9.17) is 14.2 Å². The molecule has 9 heteroatoms. The molecule has 0 aliphatic heterocycles. The average Bonchev–Trinajstić information content (AvgIpc) is 3.19. The first-order valence-electron chi connectivity index (χ1n) is 13.1. The van der Waals surface area contributed by atoms with Gasteiger partial charge in [-0.25, -0.2) is 0 Å². The van der Waals surface area contributed by atoms with Gasteiger partial charge in [0, 0.05) is 26.1 Å². The first kappa shape index (κ1) is 28.5. The van der Waals surface area contributed by atoms with E-state index in [1.165, 1.54) is 13.0 Å². The van der Waals surface area contributed by atoms with Crippen molar-refractivity contribution in [2.75, 3.05) is 40.2 Å². The second-order valence-electron chi connectivity index (χ2n) is 9.68. The molecule has 0 spiro atoms. The van der Waals surface area contributed by atoms with Gasteiger partial charge in [0.1, 0.15) is 0 Å². The van der Waals surface area contributed by atoms with Crippen LogP contribution in [0.15, 0.2) is 59.4 Å². The second kappa shape index (κ2) is 12.5. The van der Waals surface area contributed by atoms with Crippen molar-refractivity contribution in [3.63, 3.8) is 0 Å². The van der Waals surface area contributed by atoms with E-state index in [1.807, 2.05) is 42.5 Å². The van der Waals surface area contributed by atoms with Crippen LogP contribution in [0, 0.1) is 0 Å². The monoisotopic (exact) mass is 545 g/mol. The average molecular weight is 546 g/mol. The predicted molar refractivity (Wildman–Crippen MR) is 154 cm³/mol. The van der Waals surface area contributed by atoms with Crippen molar-refractivity contribution in [3.8, 4) is 28.4 Å². The molecule has 0 heterocycles. The smallest absolute Gasteiger partial charge is 0.241 e. The molecule has 9 nitrogen and oxygen atoms in total. The fourth-order valence-electron chi connectivity index (χ4n) is 5.10.